The van der Waals surface area contributed by atoms with Gasteiger partial charge in [0.15, 0.2) is 17.3 Å². The Bertz CT molecular complexity index is 1010. The highest BCUT2D eigenvalue weighted by molar-refractivity contribution is 6.29. The molecule has 0 radical (unpaired) electrons. The lowest BCUT2D eigenvalue weighted by Gasteiger charge is -2.10. The van der Waals surface area contributed by atoms with Crippen molar-refractivity contribution < 1.29 is 22.6 Å². The second-order valence-corrected chi connectivity index (χ2v) is 6.06. The molecule has 138 valence electrons. The lowest BCUT2D eigenvalue weighted by Crippen LogP contribution is -2.05. The molecule has 2 heterocycles. The minimum atomic E-state index is -4.46. The van der Waals surface area contributed by atoms with Gasteiger partial charge in [-0.3, -0.25) is 0 Å². The molecule has 0 spiro atoms. The summed E-state index contributed by atoms with van der Waals surface area (Å²) in [4.78, 5) is 8.30. The molecule has 0 aliphatic carbocycles. The summed E-state index contributed by atoms with van der Waals surface area (Å²) in [6, 6.07) is 11.5. The molecule has 27 heavy (non-hydrogen) atoms. The van der Waals surface area contributed by atoms with Crippen molar-refractivity contribution >= 4 is 23.1 Å². The summed E-state index contributed by atoms with van der Waals surface area (Å²) in [6.45, 7) is 0.151. The molecule has 1 aliphatic heterocycles. The number of nitrogens with zero attached hydrogens (tertiary/aromatic N) is 2. The van der Waals surface area contributed by atoms with Gasteiger partial charge in [-0.25, -0.2) is 9.97 Å². The van der Waals surface area contributed by atoms with Crippen LogP contribution in [0.1, 0.15) is 5.56 Å². The van der Waals surface area contributed by atoms with E-state index in [1.165, 1.54) is 18.2 Å². The van der Waals surface area contributed by atoms with Crippen molar-refractivity contribution in [2.75, 3.05) is 12.1 Å². The lowest BCUT2D eigenvalue weighted by molar-refractivity contribution is -0.137. The molecule has 9 heteroatoms. The summed E-state index contributed by atoms with van der Waals surface area (Å²) < 4.78 is 49.4. The van der Waals surface area contributed by atoms with Crippen LogP contribution in [-0.2, 0) is 6.18 Å². The Morgan fingerprint density at radius 3 is 2.59 bits per heavy atom. The highest BCUT2D eigenvalue weighted by Gasteiger charge is 2.30. The maximum absolute atomic E-state index is 12.9. The zero-order valence-corrected chi connectivity index (χ0v) is 14.3. The minimum absolute atomic E-state index is 0.0804. The number of aromatic nitrogens is 2. The van der Waals surface area contributed by atoms with Crippen LogP contribution in [0.5, 0.6) is 11.5 Å². The molecular formula is C18H11ClF3N3O2. The number of nitrogens with one attached hydrogen (secondary N) is 1. The number of hydrogen-bond acceptors (Lipinski definition) is 5. The van der Waals surface area contributed by atoms with E-state index in [1.807, 2.05) is 0 Å². The SMILES string of the molecule is FC(F)(F)c1cccc(-c2nc(Cl)cc(Nc3ccc4c(c3)OCO4)n2)c1. The minimum Gasteiger partial charge on any atom is -0.454 e. The number of hydrogen-bond donors (Lipinski definition) is 1. The first-order chi connectivity index (χ1) is 12.9. The first-order valence-electron chi connectivity index (χ1n) is 7.77. The third-order valence-corrected chi connectivity index (χ3v) is 3.98. The van der Waals surface area contributed by atoms with Gasteiger partial charge in [0.2, 0.25) is 6.79 Å². The zero-order chi connectivity index (χ0) is 19.0. The summed E-state index contributed by atoms with van der Waals surface area (Å²) in [6.07, 6.45) is -4.46. The monoisotopic (exact) mass is 393 g/mol. The van der Waals surface area contributed by atoms with Crippen molar-refractivity contribution in [1.82, 2.24) is 9.97 Å². The summed E-state index contributed by atoms with van der Waals surface area (Å²) in [5, 5.41) is 3.13. The van der Waals surface area contributed by atoms with E-state index in [9.17, 15) is 13.2 Å². The Kier molecular flexibility index (Phi) is 4.27. The molecule has 3 aromatic rings. The predicted molar refractivity (Wildman–Crippen MR) is 93.3 cm³/mol. The number of rotatable bonds is 3. The van der Waals surface area contributed by atoms with E-state index in [-0.39, 0.29) is 23.3 Å². The highest BCUT2D eigenvalue weighted by atomic mass is 35.5. The molecule has 1 aromatic heterocycles. The van der Waals surface area contributed by atoms with Crippen LogP contribution in [0.15, 0.2) is 48.5 Å². The topological polar surface area (TPSA) is 56.3 Å². The normalized spacial score (nSPS) is 12.9. The second-order valence-electron chi connectivity index (χ2n) is 5.67. The fraction of sp³-hybridized carbons (Fsp3) is 0.111. The second kappa shape index (κ2) is 6.62. The van der Waals surface area contributed by atoms with Crippen molar-refractivity contribution in [2.45, 2.75) is 6.18 Å². The van der Waals surface area contributed by atoms with E-state index in [1.54, 1.807) is 18.2 Å². The van der Waals surface area contributed by atoms with E-state index >= 15 is 0 Å². The lowest BCUT2D eigenvalue weighted by atomic mass is 10.1. The van der Waals surface area contributed by atoms with Crippen LogP contribution in [-0.4, -0.2) is 16.8 Å². The molecule has 0 atom stereocenters. The molecule has 5 nitrogen and oxygen atoms in total. The van der Waals surface area contributed by atoms with E-state index in [0.717, 1.165) is 12.1 Å². The van der Waals surface area contributed by atoms with Gasteiger partial charge in [0.05, 0.1) is 5.56 Å². The van der Waals surface area contributed by atoms with Gasteiger partial charge in [0, 0.05) is 23.4 Å². The van der Waals surface area contributed by atoms with Gasteiger partial charge in [0.25, 0.3) is 0 Å². The fourth-order valence-electron chi connectivity index (χ4n) is 2.57. The molecule has 0 saturated carbocycles. The smallest absolute Gasteiger partial charge is 0.416 e. The van der Waals surface area contributed by atoms with Crippen molar-refractivity contribution in [3.63, 3.8) is 0 Å². The van der Waals surface area contributed by atoms with Crippen LogP contribution in [0.4, 0.5) is 24.7 Å². The zero-order valence-electron chi connectivity index (χ0n) is 13.5. The third kappa shape index (κ3) is 3.75. The number of halogens is 4. The van der Waals surface area contributed by atoms with Crippen LogP contribution >= 0.6 is 11.6 Å². The number of fused-ring (bicyclic) bond motifs is 1. The van der Waals surface area contributed by atoms with Crippen molar-refractivity contribution in [3.8, 4) is 22.9 Å². The van der Waals surface area contributed by atoms with Gasteiger partial charge in [-0.05, 0) is 24.3 Å². The summed E-state index contributed by atoms with van der Waals surface area (Å²) in [5.74, 6) is 1.63. The van der Waals surface area contributed by atoms with Crippen LogP contribution < -0.4 is 14.8 Å². The standard InChI is InChI=1S/C18H11ClF3N3O2/c19-15-8-16(23-12-4-5-13-14(7-12)27-9-26-13)25-17(24-15)10-2-1-3-11(6-10)18(20,21)22/h1-8H,9H2,(H,23,24,25). The summed E-state index contributed by atoms with van der Waals surface area (Å²) in [5.41, 5.74) is 0.0823. The molecular weight excluding hydrogens is 383 g/mol. The number of benzene rings is 2. The Morgan fingerprint density at radius 1 is 0.963 bits per heavy atom. The largest absolute Gasteiger partial charge is 0.454 e. The maximum Gasteiger partial charge on any atom is 0.416 e. The first-order valence-corrected chi connectivity index (χ1v) is 8.15. The van der Waals surface area contributed by atoms with E-state index in [2.05, 4.69) is 15.3 Å². The van der Waals surface area contributed by atoms with Crippen LogP contribution in [0.25, 0.3) is 11.4 Å². The third-order valence-electron chi connectivity index (χ3n) is 3.79. The van der Waals surface area contributed by atoms with Gasteiger partial charge >= 0.3 is 6.18 Å². The highest BCUT2D eigenvalue weighted by Crippen LogP contribution is 2.35. The molecule has 0 unspecified atom stereocenters. The van der Waals surface area contributed by atoms with Crippen molar-refractivity contribution in [3.05, 3.63) is 59.2 Å². The number of anilines is 2. The van der Waals surface area contributed by atoms with Gasteiger partial charge in [0.1, 0.15) is 11.0 Å². The molecule has 0 bridgehead atoms. The van der Waals surface area contributed by atoms with Gasteiger partial charge < -0.3 is 14.8 Å². The molecule has 4 rings (SSSR count). The van der Waals surface area contributed by atoms with Gasteiger partial charge in [-0.2, -0.15) is 13.2 Å². The maximum atomic E-state index is 12.9. The summed E-state index contributed by atoms with van der Waals surface area (Å²) >= 11 is 6.03. The first kappa shape index (κ1) is 17.4. The molecule has 0 saturated heterocycles. The van der Waals surface area contributed by atoms with Gasteiger partial charge in [-0.1, -0.05) is 23.7 Å². The Morgan fingerprint density at radius 2 is 1.78 bits per heavy atom. The molecule has 1 aliphatic rings. The molecule has 0 amide bonds. The predicted octanol–water partition coefficient (Wildman–Crippen LogP) is 5.29. The molecule has 0 fully saturated rings. The van der Waals surface area contributed by atoms with Crippen LogP contribution in [0, 0.1) is 0 Å². The Hall–Kier alpha value is -3.00. The average molecular weight is 394 g/mol. The van der Waals surface area contributed by atoms with Crippen LogP contribution in [0.3, 0.4) is 0 Å². The average Bonchev–Trinajstić information content (AvgIpc) is 3.08. The summed E-state index contributed by atoms with van der Waals surface area (Å²) in [7, 11) is 0. The Labute approximate surface area is 156 Å². The molecule has 1 N–H and O–H groups in total. The Balaban J connectivity index is 1.66. The van der Waals surface area contributed by atoms with Gasteiger partial charge in [-0.15, -0.1) is 0 Å². The van der Waals surface area contributed by atoms with Crippen LogP contribution in [0.2, 0.25) is 5.15 Å². The van der Waals surface area contributed by atoms with Crippen molar-refractivity contribution in [1.29, 1.82) is 0 Å². The van der Waals surface area contributed by atoms with E-state index in [4.69, 9.17) is 21.1 Å². The fourth-order valence-corrected chi connectivity index (χ4v) is 2.75. The van der Waals surface area contributed by atoms with E-state index < -0.39 is 11.7 Å². The quantitative estimate of drug-likeness (QED) is 0.613. The number of alkyl halides is 3. The molecule has 2 aromatic carbocycles. The number of ether oxygens (including phenoxy) is 2. The van der Waals surface area contributed by atoms with E-state index in [0.29, 0.717) is 23.0 Å². The van der Waals surface area contributed by atoms with Crippen molar-refractivity contribution in [2.24, 2.45) is 0 Å².